The zero-order valence-electron chi connectivity index (χ0n) is 13.0. The summed E-state index contributed by atoms with van der Waals surface area (Å²) < 4.78 is 35.9. The highest BCUT2D eigenvalue weighted by Crippen LogP contribution is 2.20. The molecule has 0 atom stereocenters. The van der Waals surface area contributed by atoms with E-state index >= 15 is 0 Å². The fourth-order valence-electron chi connectivity index (χ4n) is 2.22. The Kier molecular flexibility index (Phi) is 4.25. The first kappa shape index (κ1) is 16.4. The number of sulfonamides is 1. The van der Waals surface area contributed by atoms with E-state index in [1.165, 1.54) is 30.6 Å². The molecule has 0 fully saturated rings. The molecule has 3 rings (SSSR count). The molecule has 1 aromatic heterocycles. The number of carbonyl (C=O) groups excluding carboxylic acids is 1. The van der Waals surface area contributed by atoms with Gasteiger partial charge in [0.05, 0.1) is 27.8 Å². The molecule has 0 N–H and O–H groups in total. The lowest BCUT2D eigenvalue weighted by molar-refractivity contribution is 0.0601. The number of hydrogen-bond donors (Lipinski definition) is 0. The lowest BCUT2D eigenvalue weighted by Crippen LogP contribution is -2.13. The summed E-state index contributed by atoms with van der Waals surface area (Å²) >= 11 is 1.20. The Hall–Kier alpha value is -2.45. The van der Waals surface area contributed by atoms with Crippen LogP contribution >= 0.6 is 11.3 Å². The maximum absolute atomic E-state index is 12.4. The number of benzene rings is 2. The molecule has 0 aliphatic rings. The summed E-state index contributed by atoms with van der Waals surface area (Å²) in [6.07, 6.45) is 0. The predicted molar refractivity (Wildman–Crippen MR) is 91.3 cm³/mol. The number of rotatable bonds is 3. The number of methoxy groups -OCH3 is 1. The van der Waals surface area contributed by atoms with E-state index in [0.717, 1.165) is 10.2 Å². The smallest absolute Gasteiger partial charge is 0.337 e. The Morgan fingerprint density at radius 3 is 2.54 bits per heavy atom. The van der Waals surface area contributed by atoms with Gasteiger partial charge in [-0.05, 0) is 30.3 Å². The van der Waals surface area contributed by atoms with Crippen LogP contribution in [0.15, 0.2) is 57.8 Å². The van der Waals surface area contributed by atoms with Crippen molar-refractivity contribution in [1.29, 1.82) is 0 Å². The van der Waals surface area contributed by atoms with Crippen LogP contribution in [0, 0.1) is 0 Å². The van der Waals surface area contributed by atoms with Crippen molar-refractivity contribution in [1.82, 2.24) is 4.57 Å². The van der Waals surface area contributed by atoms with Crippen molar-refractivity contribution in [2.24, 2.45) is 11.4 Å². The Bertz CT molecular complexity index is 1080. The number of thiazole rings is 1. The van der Waals surface area contributed by atoms with Gasteiger partial charge in [0, 0.05) is 7.05 Å². The predicted octanol–water partition coefficient (Wildman–Crippen LogP) is 2.32. The van der Waals surface area contributed by atoms with Gasteiger partial charge < -0.3 is 9.30 Å². The molecular weight excluding hydrogens is 348 g/mol. The van der Waals surface area contributed by atoms with E-state index in [-0.39, 0.29) is 4.90 Å². The quantitative estimate of drug-likeness (QED) is 0.670. The molecular formula is C16H14N2O4S2. The summed E-state index contributed by atoms with van der Waals surface area (Å²) in [5.41, 5.74) is 1.19. The summed E-state index contributed by atoms with van der Waals surface area (Å²) in [4.78, 5) is 12.1. The van der Waals surface area contributed by atoms with Crippen molar-refractivity contribution in [2.45, 2.75) is 4.90 Å². The molecule has 1 heterocycles. The highest BCUT2D eigenvalue weighted by Gasteiger charge is 2.14. The van der Waals surface area contributed by atoms with Crippen LogP contribution in [0.4, 0.5) is 0 Å². The maximum atomic E-state index is 12.4. The van der Waals surface area contributed by atoms with E-state index in [1.54, 1.807) is 48.0 Å². The summed E-state index contributed by atoms with van der Waals surface area (Å²) in [6, 6.07) is 13.1. The van der Waals surface area contributed by atoms with Crippen molar-refractivity contribution in [3.63, 3.8) is 0 Å². The normalized spacial score (nSPS) is 12.5. The van der Waals surface area contributed by atoms with Crippen LogP contribution in [-0.4, -0.2) is 26.1 Å². The van der Waals surface area contributed by atoms with Crippen molar-refractivity contribution < 1.29 is 17.9 Å². The van der Waals surface area contributed by atoms with Gasteiger partial charge in [0.15, 0.2) is 0 Å². The number of hydrogen-bond acceptors (Lipinski definition) is 5. The Labute approximate surface area is 142 Å². The molecule has 0 bridgehead atoms. The molecule has 124 valence electrons. The average Bonchev–Trinajstić information content (AvgIpc) is 2.89. The number of esters is 1. The summed E-state index contributed by atoms with van der Waals surface area (Å²) in [7, 11) is -0.746. The Balaban J connectivity index is 2.17. The Morgan fingerprint density at radius 1 is 1.17 bits per heavy atom. The molecule has 0 radical (unpaired) electrons. The minimum Gasteiger partial charge on any atom is -0.465 e. The van der Waals surface area contributed by atoms with Gasteiger partial charge >= 0.3 is 5.97 Å². The monoisotopic (exact) mass is 362 g/mol. The van der Waals surface area contributed by atoms with Crippen LogP contribution in [0.5, 0.6) is 0 Å². The molecule has 0 unspecified atom stereocenters. The fraction of sp³-hybridized carbons (Fsp3) is 0.125. The van der Waals surface area contributed by atoms with E-state index in [0.29, 0.717) is 10.4 Å². The second kappa shape index (κ2) is 6.21. The molecule has 0 saturated carbocycles. The van der Waals surface area contributed by atoms with Gasteiger partial charge in [-0.25, -0.2) is 4.79 Å². The van der Waals surface area contributed by atoms with Crippen LogP contribution < -0.4 is 4.80 Å². The zero-order chi connectivity index (χ0) is 17.3. The molecule has 0 aliphatic carbocycles. The number of fused-ring (bicyclic) bond motifs is 1. The van der Waals surface area contributed by atoms with Crippen LogP contribution in [0.2, 0.25) is 0 Å². The molecule has 24 heavy (non-hydrogen) atoms. The van der Waals surface area contributed by atoms with Crippen LogP contribution in [0.3, 0.4) is 0 Å². The Morgan fingerprint density at radius 2 is 1.88 bits per heavy atom. The van der Waals surface area contributed by atoms with E-state index in [9.17, 15) is 13.2 Å². The SMILES string of the molecule is COC(=O)c1ccc2c(c1)s/c(=N\S(=O)(=O)c1ccccc1)n2C. The van der Waals surface area contributed by atoms with Gasteiger partial charge in [-0.15, -0.1) is 4.40 Å². The number of nitrogens with zero attached hydrogens (tertiary/aromatic N) is 2. The molecule has 0 saturated heterocycles. The first-order valence-electron chi connectivity index (χ1n) is 6.96. The zero-order valence-corrected chi connectivity index (χ0v) is 14.6. The minimum absolute atomic E-state index is 0.137. The van der Waals surface area contributed by atoms with E-state index < -0.39 is 16.0 Å². The molecule has 3 aromatic rings. The first-order valence-corrected chi connectivity index (χ1v) is 9.22. The number of aromatic nitrogens is 1. The van der Waals surface area contributed by atoms with Gasteiger partial charge in [0.2, 0.25) is 4.80 Å². The lowest BCUT2D eigenvalue weighted by Gasteiger charge is -2.00. The molecule has 0 spiro atoms. The largest absolute Gasteiger partial charge is 0.465 e. The van der Waals surface area contributed by atoms with Gasteiger partial charge in [-0.2, -0.15) is 8.42 Å². The number of aryl methyl sites for hydroxylation is 1. The third kappa shape index (κ3) is 2.98. The van der Waals surface area contributed by atoms with Crippen LogP contribution in [0.25, 0.3) is 10.2 Å². The molecule has 0 aliphatic heterocycles. The van der Waals surface area contributed by atoms with Crippen LogP contribution in [0.1, 0.15) is 10.4 Å². The van der Waals surface area contributed by atoms with Crippen molar-refractivity contribution in [2.75, 3.05) is 7.11 Å². The fourth-order valence-corrected chi connectivity index (χ4v) is 4.52. The second-order valence-corrected chi connectivity index (χ2v) is 7.61. The average molecular weight is 362 g/mol. The molecule has 8 heteroatoms. The lowest BCUT2D eigenvalue weighted by atomic mass is 10.2. The number of ether oxygens (including phenoxy) is 1. The van der Waals surface area contributed by atoms with Gasteiger partial charge in [0.25, 0.3) is 10.0 Å². The summed E-state index contributed by atoms with van der Waals surface area (Å²) in [6.45, 7) is 0. The van der Waals surface area contributed by atoms with Crippen molar-refractivity contribution >= 4 is 37.5 Å². The summed E-state index contributed by atoms with van der Waals surface area (Å²) in [5.74, 6) is -0.441. The van der Waals surface area contributed by atoms with Gasteiger partial charge in [-0.3, -0.25) is 0 Å². The first-order chi connectivity index (χ1) is 11.4. The van der Waals surface area contributed by atoms with E-state index in [2.05, 4.69) is 4.40 Å². The highest BCUT2D eigenvalue weighted by molar-refractivity contribution is 7.90. The van der Waals surface area contributed by atoms with Crippen molar-refractivity contribution in [3.8, 4) is 0 Å². The van der Waals surface area contributed by atoms with Crippen molar-refractivity contribution in [3.05, 3.63) is 58.9 Å². The van der Waals surface area contributed by atoms with E-state index in [1.807, 2.05) is 0 Å². The third-order valence-electron chi connectivity index (χ3n) is 3.47. The minimum atomic E-state index is -3.79. The van der Waals surface area contributed by atoms with Crippen LogP contribution in [-0.2, 0) is 21.8 Å². The van der Waals surface area contributed by atoms with E-state index in [4.69, 9.17) is 4.74 Å². The topological polar surface area (TPSA) is 77.7 Å². The second-order valence-electron chi connectivity index (χ2n) is 5.00. The highest BCUT2D eigenvalue weighted by atomic mass is 32.2. The maximum Gasteiger partial charge on any atom is 0.337 e. The van der Waals surface area contributed by atoms with Gasteiger partial charge in [-0.1, -0.05) is 29.5 Å². The standard InChI is InChI=1S/C16H14N2O4S2/c1-18-13-9-8-11(15(19)22-2)10-14(13)23-16(18)17-24(20,21)12-6-4-3-5-7-12/h3-10H,1-2H3/b17-16-. The van der Waals surface area contributed by atoms with Gasteiger partial charge in [0.1, 0.15) is 0 Å². The number of carbonyl (C=O) groups is 1. The molecule has 2 aromatic carbocycles. The third-order valence-corrected chi connectivity index (χ3v) is 5.96. The summed E-state index contributed by atoms with van der Waals surface area (Å²) in [5, 5.41) is 0. The molecule has 0 amide bonds. The molecule has 6 nitrogen and oxygen atoms in total.